The average Bonchev–Trinajstić information content (AvgIpc) is 2.05. The van der Waals surface area contributed by atoms with Crippen LogP contribution < -0.4 is 0 Å². The Kier molecular flexibility index (Phi) is 1.42. The van der Waals surface area contributed by atoms with Crippen LogP contribution in [0, 0.1) is 5.92 Å². The Morgan fingerprint density at radius 2 is 2.60 bits per heavy atom. The van der Waals surface area contributed by atoms with Crippen LogP contribution in [-0.2, 0) is 4.74 Å². The van der Waals surface area contributed by atoms with E-state index in [9.17, 15) is 0 Å². The van der Waals surface area contributed by atoms with E-state index in [4.69, 9.17) is 4.74 Å². The maximum absolute atomic E-state index is 5.32. The van der Waals surface area contributed by atoms with E-state index in [1.165, 1.54) is 6.42 Å². The third-order valence-electron chi connectivity index (χ3n) is 1.92. The molecule has 1 saturated heterocycles. The summed E-state index contributed by atoms with van der Waals surface area (Å²) < 4.78 is 5.32. The van der Waals surface area contributed by atoms with Crippen LogP contribution in [0.4, 0.5) is 0 Å². The maximum Gasteiger partial charge on any atom is 0.212 e. The molecule has 0 bridgehead atoms. The zero-order chi connectivity index (χ0) is 6.81. The van der Waals surface area contributed by atoms with E-state index < -0.39 is 0 Å². The number of nitrogens with zero attached hydrogens (tertiary/aromatic N) is 2. The molecule has 2 aliphatic rings. The minimum Gasteiger partial charge on any atom is -0.479 e. The van der Waals surface area contributed by atoms with Gasteiger partial charge in [0.15, 0.2) is 0 Å². The lowest BCUT2D eigenvalue weighted by Crippen LogP contribution is -2.26. The van der Waals surface area contributed by atoms with Gasteiger partial charge in [0, 0.05) is 12.1 Å². The summed E-state index contributed by atoms with van der Waals surface area (Å²) in [5, 5.41) is 7.71. The van der Waals surface area contributed by atoms with Gasteiger partial charge in [-0.2, -0.15) is 5.10 Å². The van der Waals surface area contributed by atoms with Crippen molar-refractivity contribution in [3.63, 3.8) is 0 Å². The van der Waals surface area contributed by atoms with Crippen LogP contribution in [0.1, 0.15) is 19.3 Å². The minimum atomic E-state index is 0.534. The van der Waals surface area contributed by atoms with Gasteiger partial charge >= 0.3 is 0 Å². The molecule has 0 N–H and O–H groups in total. The summed E-state index contributed by atoms with van der Waals surface area (Å²) in [6.45, 7) is 0.824. The summed E-state index contributed by atoms with van der Waals surface area (Å²) in [6.07, 6.45) is 5.25. The molecule has 3 nitrogen and oxygen atoms in total. The first kappa shape index (κ1) is 5.89. The topological polar surface area (TPSA) is 34.0 Å². The minimum absolute atomic E-state index is 0.534. The second kappa shape index (κ2) is 2.40. The standard InChI is InChI=1S/C7H10N2O/c1-2-6-3-4-8-9-7(6)10-5-1/h4,6H,1-3,5H2/t6-/m1/s1. The van der Waals surface area contributed by atoms with Crippen LogP contribution in [0.15, 0.2) is 10.2 Å². The van der Waals surface area contributed by atoms with Crippen molar-refractivity contribution >= 4 is 12.1 Å². The Morgan fingerprint density at radius 3 is 3.50 bits per heavy atom. The largest absolute Gasteiger partial charge is 0.479 e. The van der Waals surface area contributed by atoms with Gasteiger partial charge in [0.1, 0.15) is 0 Å². The highest BCUT2D eigenvalue weighted by atomic mass is 16.5. The molecule has 0 aliphatic carbocycles. The Bertz CT molecular complexity index is 186. The molecule has 0 saturated carbocycles. The van der Waals surface area contributed by atoms with E-state index in [0.717, 1.165) is 25.3 Å². The van der Waals surface area contributed by atoms with E-state index in [-0.39, 0.29) is 0 Å². The molecule has 10 heavy (non-hydrogen) atoms. The molecule has 2 rings (SSSR count). The third-order valence-corrected chi connectivity index (χ3v) is 1.92. The lowest BCUT2D eigenvalue weighted by atomic mass is 9.97. The second-order valence-corrected chi connectivity index (χ2v) is 2.66. The Balaban J connectivity index is 2.14. The summed E-state index contributed by atoms with van der Waals surface area (Å²) in [7, 11) is 0. The van der Waals surface area contributed by atoms with Gasteiger partial charge in [0.2, 0.25) is 5.90 Å². The molecule has 2 heterocycles. The third kappa shape index (κ3) is 0.916. The fourth-order valence-electron chi connectivity index (χ4n) is 1.35. The van der Waals surface area contributed by atoms with Crippen LogP contribution in [0.25, 0.3) is 0 Å². The zero-order valence-corrected chi connectivity index (χ0v) is 5.79. The van der Waals surface area contributed by atoms with Crippen molar-refractivity contribution < 1.29 is 4.74 Å². The van der Waals surface area contributed by atoms with E-state index in [1.54, 1.807) is 0 Å². The van der Waals surface area contributed by atoms with Crippen molar-refractivity contribution in [3.05, 3.63) is 0 Å². The SMILES string of the molecule is C1=NN=C2OCCC[C@@H]2C1. The van der Waals surface area contributed by atoms with Crippen molar-refractivity contribution in [2.75, 3.05) is 6.61 Å². The zero-order valence-electron chi connectivity index (χ0n) is 5.79. The van der Waals surface area contributed by atoms with Gasteiger partial charge < -0.3 is 4.74 Å². The van der Waals surface area contributed by atoms with Crippen molar-refractivity contribution in [2.24, 2.45) is 16.1 Å². The Labute approximate surface area is 59.8 Å². The summed E-state index contributed by atoms with van der Waals surface area (Å²) in [5.74, 6) is 1.39. The van der Waals surface area contributed by atoms with Gasteiger partial charge in [0.05, 0.1) is 6.61 Å². The molecule has 0 spiro atoms. The average molecular weight is 138 g/mol. The van der Waals surface area contributed by atoms with Crippen LogP contribution in [0.2, 0.25) is 0 Å². The smallest absolute Gasteiger partial charge is 0.212 e. The molecule has 0 radical (unpaired) electrons. The van der Waals surface area contributed by atoms with E-state index in [1.807, 2.05) is 6.21 Å². The Morgan fingerprint density at radius 1 is 1.60 bits per heavy atom. The first-order chi connectivity index (χ1) is 4.97. The predicted octanol–water partition coefficient (Wildman–Crippen LogP) is 1.20. The quantitative estimate of drug-likeness (QED) is 0.495. The molecule has 1 atom stereocenters. The van der Waals surface area contributed by atoms with Crippen molar-refractivity contribution in [1.82, 2.24) is 0 Å². The van der Waals surface area contributed by atoms with Gasteiger partial charge in [-0.15, -0.1) is 5.10 Å². The van der Waals surface area contributed by atoms with Crippen LogP contribution in [0.5, 0.6) is 0 Å². The molecule has 0 unspecified atom stereocenters. The van der Waals surface area contributed by atoms with Gasteiger partial charge in [-0.1, -0.05) is 0 Å². The van der Waals surface area contributed by atoms with Crippen molar-refractivity contribution in [3.8, 4) is 0 Å². The molecule has 2 aliphatic heterocycles. The highest BCUT2D eigenvalue weighted by molar-refractivity contribution is 5.84. The molecule has 0 aromatic heterocycles. The van der Waals surface area contributed by atoms with E-state index >= 15 is 0 Å². The second-order valence-electron chi connectivity index (χ2n) is 2.66. The number of hydrogen-bond acceptors (Lipinski definition) is 3. The Hall–Kier alpha value is -0.860. The highest BCUT2D eigenvalue weighted by Crippen LogP contribution is 2.20. The molecule has 54 valence electrons. The number of fused-ring (bicyclic) bond motifs is 1. The summed E-state index contributed by atoms with van der Waals surface area (Å²) >= 11 is 0. The summed E-state index contributed by atoms with van der Waals surface area (Å²) in [4.78, 5) is 0. The monoisotopic (exact) mass is 138 g/mol. The fraction of sp³-hybridized carbons (Fsp3) is 0.714. The van der Waals surface area contributed by atoms with Gasteiger partial charge in [-0.25, -0.2) is 0 Å². The lowest BCUT2D eigenvalue weighted by molar-refractivity contribution is 0.228. The number of ether oxygens (including phenoxy) is 1. The molecular weight excluding hydrogens is 128 g/mol. The van der Waals surface area contributed by atoms with Crippen molar-refractivity contribution in [1.29, 1.82) is 0 Å². The summed E-state index contributed by atoms with van der Waals surface area (Å²) in [6, 6.07) is 0. The first-order valence-electron chi connectivity index (χ1n) is 3.69. The lowest BCUT2D eigenvalue weighted by Gasteiger charge is -2.23. The number of hydrogen-bond donors (Lipinski definition) is 0. The molecule has 3 heteroatoms. The van der Waals surface area contributed by atoms with Gasteiger partial charge in [-0.05, 0) is 19.3 Å². The highest BCUT2D eigenvalue weighted by Gasteiger charge is 2.22. The first-order valence-corrected chi connectivity index (χ1v) is 3.69. The van der Waals surface area contributed by atoms with Crippen LogP contribution in [0.3, 0.4) is 0 Å². The summed E-state index contributed by atoms with van der Waals surface area (Å²) in [5.41, 5.74) is 0. The van der Waals surface area contributed by atoms with E-state index in [0.29, 0.717) is 5.92 Å². The molecule has 0 amide bonds. The fourth-order valence-corrected chi connectivity index (χ4v) is 1.35. The molecule has 0 aromatic rings. The van der Waals surface area contributed by atoms with E-state index in [2.05, 4.69) is 10.2 Å². The van der Waals surface area contributed by atoms with Crippen molar-refractivity contribution in [2.45, 2.75) is 19.3 Å². The van der Waals surface area contributed by atoms with Gasteiger partial charge in [0.25, 0.3) is 0 Å². The maximum atomic E-state index is 5.32. The number of rotatable bonds is 0. The molecular formula is C7H10N2O. The molecule has 1 fully saturated rings. The van der Waals surface area contributed by atoms with Gasteiger partial charge in [-0.3, -0.25) is 0 Å². The predicted molar refractivity (Wildman–Crippen MR) is 39.2 cm³/mol. The normalized spacial score (nSPS) is 30.4. The van der Waals surface area contributed by atoms with Crippen LogP contribution >= 0.6 is 0 Å². The van der Waals surface area contributed by atoms with Crippen LogP contribution in [-0.4, -0.2) is 18.7 Å². The molecule has 0 aromatic carbocycles.